The van der Waals surface area contributed by atoms with Crippen LogP contribution in [0.3, 0.4) is 0 Å². The molecular weight excluding hydrogens is 346 g/mol. The van der Waals surface area contributed by atoms with Gasteiger partial charge in [0, 0.05) is 28.5 Å². The Morgan fingerprint density at radius 2 is 2.23 bits per heavy atom. The zero-order valence-corrected chi connectivity index (χ0v) is 14.2. The van der Waals surface area contributed by atoms with Crippen molar-refractivity contribution in [1.82, 2.24) is 14.5 Å². The van der Waals surface area contributed by atoms with Gasteiger partial charge < -0.3 is 9.72 Å². The van der Waals surface area contributed by atoms with Crippen molar-refractivity contribution in [3.8, 4) is 0 Å². The summed E-state index contributed by atoms with van der Waals surface area (Å²) in [7, 11) is 0. The SMILES string of the molecule is CC(C)OCCCn1cnc2c([nH]c3ccc(Br)cc32)c1=O. The van der Waals surface area contributed by atoms with Gasteiger partial charge in [0.1, 0.15) is 11.0 Å². The van der Waals surface area contributed by atoms with E-state index in [1.54, 1.807) is 10.9 Å². The summed E-state index contributed by atoms with van der Waals surface area (Å²) in [6, 6.07) is 5.86. The number of halogens is 1. The lowest BCUT2D eigenvalue weighted by molar-refractivity contribution is 0.0747. The van der Waals surface area contributed by atoms with Crippen molar-refractivity contribution < 1.29 is 4.74 Å². The molecule has 0 bridgehead atoms. The van der Waals surface area contributed by atoms with E-state index < -0.39 is 0 Å². The molecule has 0 saturated heterocycles. The Morgan fingerprint density at radius 1 is 1.41 bits per heavy atom. The highest BCUT2D eigenvalue weighted by Crippen LogP contribution is 2.24. The second-order valence-corrected chi connectivity index (χ2v) is 6.47. The summed E-state index contributed by atoms with van der Waals surface area (Å²) in [4.78, 5) is 20.2. The number of nitrogens with zero attached hydrogens (tertiary/aromatic N) is 2. The van der Waals surface area contributed by atoms with E-state index in [-0.39, 0.29) is 11.7 Å². The van der Waals surface area contributed by atoms with Gasteiger partial charge in [-0.25, -0.2) is 4.98 Å². The molecule has 0 aliphatic rings. The van der Waals surface area contributed by atoms with Crippen LogP contribution in [0.1, 0.15) is 20.3 Å². The molecule has 116 valence electrons. The maximum Gasteiger partial charge on any atom is 0.277 e. The summed E-state index contributed by atoms with van der Waals surface area (Å²) in [6.45, 7) is 5.25. The molecule has 1 aromatic carbocycles. The summed E-state index contributed by atoms with van der Waals surface area (Å²) >= 11 is 3.45. The van der Waals surface area contributed by atoms with Gasteiger partial charge in [0.15, 0.2) is 0 Å². The van der Waals surface area contributed by atoms with E-state index in [2.05, 4.69) is 25.9 Å². The van der Waals surface area contributed by atoms with Crippen LogP contribution in [0.25, 0.3) is 21.9 Å². The number of hydrogen-bond acceptors (Lipinski definition) is 3. The molecule has 3 rings (SSSR count). The van der Waals surface area contributed by atoms with Crippen molar-refractivity contribution in [2.45, 2.75) is 32.9 Å². The van der Waals surface area contributed by atoms with Crippen LogP contribution in [-0.2, 0) is 11.3 Å². The molecule has 0 unspecified atom stereocenters. The van der Waals surface area contributed by atoms with Crippen LogP contribution in [0.15, 0.2) is 33.8 Å². The first-order valence-corrected chi connectivity index (χ1v) is 8.13. The summed E-state index contributed by atoms with van der Waals surface area (Å²) in [5.41, 5.74) is 2.15. The van der Waals surface area contributed by atoms with E-state index in [1.165, 1.54) is 0 Å². The Balaban J connectivity index is 1.92. The first-order valence-electron chi connectivity index (χ1n) is 7.34. The van der Waals surface area contributed by atoms with Crippen LogP contribution in [0, 0.1) is 0 Å². The number of rotatable bonds is 5. The van der Waals surface area contributed by atoms with Gasteiger partial charge in [-0.05, 0) is 38.5 Å². The van der Waals surface area contributed by atoms with Gasteiger partial charge in [-0.1, -0.05) is 15.9 Å². The minimum Gasteiger partial charge on any atom is -0.379 e. The van der Waals surface area contributed by atoms with Crippen LogP contribution in [0.5, 0.6) is 0 Å². The standard InChI is InChI=1S/C16H18BrN3O2/c1-10(2)22-7-3-6-20-9-18-14-12-8-11(17)4-5-13(12)19-15(14)16(20)21/h4-5,8-10,19H,3,6-7H2,1-2H3. The van der Waals surface area contributed by atoms with Crippen LogP contribution < -0.4 is 5.56 Å². The summed E-state index contributed by atoms with van der Waals surface area (Å²) in [5.74, 6) is 0. The fourth-order valence-electron chi connectivity index (χ4n) is 2.48. The Hall–Kier alpha value is -1.66. The highest BCUT2D eigenvalue weighted by molar-refractivity contribution is 9.10. The lowest BCUT2D eigenvalue weighted by atomic mass is 10.2. The van der Waals surface area contributed by atoms with Crippen molar-refractivity contribution in [2.75, 3.05) is 6.61 Å². The van der Waals surface area contributed by atoms with Crippen molar-refractivity contribution in [3.05, 3.63) is 39.4 Å². The average Bonchev–Trinajstić information content (AvgIpc) is 2.84. The number of fused-ring (bicyclic) bond motifs is 3. The number of ether oxygens (including phenoxy) is 1. The third kappa shape index (κ3) is 2.94. The lowest BCUT2D eigenvalue weighted by Gasteiger charge is -2.08. The molecule has 6 heteroatoms. The number of H-pyrrole nitrogens is 1. The third-order valence-electron chi connectivity index (χ3n) is 3.53. The van der Waals surface area contributed by atoms with Gasteiger partial charge in [0.2, 0.25) is 0 Å². The van der Waals surface area contributed by atoms with Gasteiger partial charge in [-0.2, -0.15) is 0 Å². The topological polar surface area (TPSA) is 59.9 Å². The molecule has 22 heavy (non-hydrogen) atoms. The quantitative estimate of drug-likeness (QED) is 0.706. The number of aryl methyl sites for hydroxylation is 1. The van der Waals surface area contributed by atoms with Crippen LogP contribution >= 0.6 is 15.9 Å². The minimum absolute atomic E-state index is 0.0399. The van der Waals surface area contributed by atoms with Gasteiger partial charge >= 0.3 is 0 Å². The third-order valence-corrected chi connectivity index (χ3v) is 4.02. The van der Waals surface area contributed by atoms with Crippen LogP contribution in [0.4, 0.5) is 0 Å². The zero-order valence-electron chi connectivity index (χ0n) is 12.6. The molecule has 0 radical (unpaired) electrons. The van der Waals surface area contributed by atoms with Crippen LogP contribution in [0.2, 0.25) is 0 Å². The molecule has 0 aliphatic carbocycles. The van der Waals surface area contributed by atoms with Crippen molar-refractivity contribution in [3.63, 3.8) is 0 Å². The maximum absolute atomic E-state index is 12.6. The minimum atomic E-state index is -0.0399. The van der Waals surface area contributed by atoms with Crippen molar-refractivity contribution in [1.29, 1.82) is 0 Å². The molecule has 0 spiro atoms. The second kappa shape index (κ2) is 6.22. The molecule has 2 aromatic heterocycles. The molecule has 0 atom stereocenters. The lowest BCUT2D eigenvalue weighted by Crippen LogP contribution is -2.21. The molecule has 0 fully saturated rings. The van der Waals surface area contributed by atoms with Gasteiger partial charge in [-0.3, -0.25) is 9.36 Å². The fraction of sp³-hybridized carbons (Fsp3) is 0.375. The Bertz CT molecular complexity index is 867. The van der Waals surface area contributed by atoms with E-state index in [0.717, 1.165) is 27.3 Å². The highest BCUT2D eigenvalue weighted by atomic mass is 79.9. The molecule has 3 aromatic rings. The highest BCUT2D eigenvalue weighted by Gasteiger charge is 2.11. The smallest absolute Gasteiger partial charge is 0.277 e. The normalized spacial score (nSPS) is 11.8. The fourth-order valence-corrected chi connectivity index (χ4v) is 2.84. The molecule has 2 heterocycles. The predicted octanol–water partition coefficient (Wildman–Crippen LogP) is 3.46. The second-order valence-electron chi connectivity index (χ2n) is 5.55. The predicted molar refractivity (Wildman–Crippen MR) is 91.3 cm³/mol. The number of hydrogen-bond donors (Lipinski definition) is 1. The number of aromatic amines is 1. The monoisotopic (exact) mass is 363 g/mol. The van der Waals surface area contributed by atoms with E-state index in [1.807, 2.05) is 32.0 Å². The van der Waals surface area contributed by atoms with Gasteiger partial charge in [0.25, 0.3) is 5.56 Å². The van der Waals surface area contributed by atoms with Gasteiger partial charge in [0.05, 0.1) is 12.4 Å². The Morgan fingerprint density at radius 3 is 3.00 bits per heavy atom. The zero-order chi connectivity index (χ0) is 15.7. The van der Waals surface area contributed by atoms with Crippen LogP contribution in [-0.4, -0.2) is 27.2 Å². The van der Waals surface area contributed by atoms with E-state index >= 15 is 0 Å². The summed E-state index contributed by atoms with van der Waals surface area (Å²) in [5, 5.41) is 0.955. The van der Waals surface area contributed by atoms with E-state index in [4.69, 9.17) is 4.74 Å². The molecular formula is C16H18BrN3O2. The largest absolute Gasteiger partial charge is 0.379 e. The van der Waals surface area contributed by atoms with Gasteiger partial charge in [-0.15, -0.1) is 0 Å². The van der Waals surface area contributed by atoms with Crippen molar-refractivity contribution >= 4 is 37.9 Å². The number of benzene rings is 1. The summed E-state index contributed by atoms with van der Waals surface area (Å²) in [6.07, 6.45) is 2.62. The molecule has 1 N–H and O–H groups in total. The molecule has 5 nitrogen and oxygen atoms in total. The maximum atomic E-state index is 12.6. The first-order chi connectivity index (χ1) is 10.6. The molecule has 0 amide bonds. The van der Waals surface area contributed by atoms with Crippen molar-refractivity contribution in [2.24, 2.45) is 0 Å². The Labute approximate surface area is 136 Å². The number of nitrogens with one attached hydrogen (secondary N) is 1. The first kappa shape index (κ1) is 15.2. The molecule has 0 saturated carbocycles. The number of aromatic nitrogens is 3. The molecule has 0 aliphatic heterocycles. The Kier molecular flexibility index (Phi) is 4.31. The van der Waals surface area contributed by atoms with E-state index in [0.29, 0.717) is 18.7 Å². The summed E-state index contributed by atoms with van der Waals surface area (Å²) < 4.78 is 8.11. The van der Waals surface area contributed by atoms with E-state index in [9.17, 15) is 4.79 Å². The average molecular weight is 364 g/mol.